The molecule has 0 aromatic rings. The molecule has 0 radical (unpaired) electrons. The molecule has 6 heteroatoms. The van der Waals surface area contributed by atoms with Crippen LogP contribution in [0, 0.1) is 0 Å². The Hall–Kier alpha value is -0.240. The number of rotatable bonds is 5. The Morgan fingerprint density at radius 2 is 1.54 bits per heavy atom. The maximum atomic E-state index is 9.29. The fourth-order valence-electron chi connectivity index (χ4n) is 0.785. The summed E-state index contributed by atoms with van der Waals surface area (Å²) in [5, 5.41) is 37.6. The summed E-state index contributed by atoms with van der Waals surface area (Å²) in [7, 11) is 2.70. The smallest absolute Gasteiger partial charge is 0.157 e. The number of likely N-dealkylation sites (N-methyl/N-ethyl adjacent to an activating group) is 1. The van der Waals surface area contributed by atoms with Gasteiger partial charge in [0.1, 0.15) is 12.2 Å². The van der Waals surface area contributed by atoms with Gasteiger partial charge in [0, 0.05) is 7.05 Å². The largest absolute Gasteiger partial charge is 0.391 e. The Morgan fingerprint density at radius 3 is 1.85 bits per heavy atom. The summed E-state index contributed by atoms with van der Waals surface area (Å²) >= 11 is 0. The van der Waals surface area contributed by atoms with Crippen molar-refractivity contribution in [3.05, 3.63) is 0 Å². The Bertz CT molecular complexity index is 143. The van der Waals surface area contributed by atoms with Gasteiger partial charge in [-0.25, -0.2) is 0 Å². The van der Waals surface area contributed by atoms with Gasteiger partial charge in [0.15, 0.2) is 6.23 Å². The molecule has 80 valence electrons. The zero-order valence-corrected chi connectivity index (χ0v) is 7.95. The van der Waals surface area contributed by atoms with Crippen molar-refractivity contribution in [3.63, 3.8) is 0 Å². The maximum absolute atomic E-state index is 9.29. The van der Waals surface area contributed by atoms with E-state index in [2.05, 4.69) is 4.84 Å². The third-order valence-electron chi connectivity index (χ3n) is 1.81. The standard InChI is InChI=1S/C7H17NO5/c1-4(9)5(10)6(11)7(12)8(2)13-3/h4-7,9-12H,1-3H3/t4-,5?,6-,7-/m1/s1. The highest BCUT2D eigenvalue weighted by molar-refractivity contribution is 4.76. The zero-order valence-electron chi connectivity index (χ0n) is 7.95. The molecule has 0 aliphatic heterocycles. The van der Waals surface area contributed by atoms with Crippen molar-refractivity contribution in [3.8, 4) is 0 Å². The average molecular weight is 195 g/mol. The molecule has 0 spiro atoms. The lowest BCUT2D eigenvalue weighted by molar-refractivity contribution is -0.249. The van der Waals surface area contributed by atoms with E-state index in [1.54, 1.807) is 0 Å². The molecule has 0 fully saturated rings. The van der Waals surface area contributed by atoms with Crippen LogP contribution >= 0.6 is 0 Å². The van der Waals surface area contributed by atoms with Gasteiger partial charge in [0.2, 0.25) is 0 Å². The van der Waals surface area contributed by atoms with Gasteiger partial charge in [-0.3, -0.25) is 4.84 Å². The molecule has 0 heterocycles. The average Bonchev–Trinajstić information content (AvgIpc) is 2.12. The molecule has 0 aromatic carbocycles. The summed E-state index contributed by atoms with van der Waals surface area (Å²) in [4.78, 5) is 4.59. The van der Waals surface area contributed by atoms with Crippen LogP contribution in [0.1, 0.15) is 6.92 Å². The summed E-state index contributed by atoms with van der Waals surface area (Å²) in [5.41, 5.74) is 0. The van der Waals surface area contributed by atoms with Gasteiger partial charge in [-0.05, 0) is 6.92 Å². The molecule has 4 atom stereocenters. The molecule has 0 bridgehead atoms. The highest BCUT2D eigenvalue weighted by Gasteiger charge is 2.30. The molecule has 0 aliphatic rings. The van der Waals surface area contributed by atoms with E-state index in [9.17, 15) is 10.2 Å². The van der Waals surface area contributed by atoms with E-state index >= 15 is 0 Å². The molecule has 0 saturated heterocycles. The fourth-order valence-corrected chi connectivity index (χ4v) is 0.785. The van der Waals surface area contributed by atoms with Gasteiger partial charge in [0.05, 0.1) is 13.2 Å². The summed E-state index contributed by atoms with van der Waals surface area (Å²) < 4.78 is 0. The van der Waals surface area contributed by atoms with Crippen LogP contribution in [0.5, 0.6) is 0 Å². The predicted molar refractivity (Wildman–Crippen MR) is 44.5 cm³/mol. The lowest BCUT2D eigenvalue weighted by atomic mass is 10.1. The van der Waals surface area contributed by atoms with E-state index in [4.69, 9.17) is 10.2 Å². The first-order valence-corrected chi connectivity index (χ1v) is 3.91. The molecular weight excluding hydrogens is 178 g/mol. The van der Waals surface area contributed by atoms with Crippen molar-refractivity contribution in [2.75, 3.05) is 14.2 Å². The number of hydrogen-bond acceptors (Lipinski definition) is 6. The number of aliphatic hydroxyl groups excluding tert-OH is 4. The van der Waals surface area contributed by atoms with Crippen molar-refractivity contribution in [2.24, 2.45) is 0 Å². The van der Waals surface area contributed by atoms with E-state index in [0.717, 1.165) is 5.06 Å². The van der Waals surface area contributed by atoms with Gasteiger partial charge >= 0.3 is 0 Å². The maximum Gasteiger partial charge on any atom is 0.157 e. The second-order valence-electron chi connectivity index (χ2n) is 2.86. The number of hydroxylamine groups is 2. The van der Waals surface area contributed by atoms with Gasteiger partial charge in [0.25, 0.3) is 0 Å². The fraction of sp³-hybridized carbons (Fsp3) is 1.00. The Balaban J connectivity index is 4.15. The van der Waals surface area contributed by atoms with Gasteiger partial charge in [-0.2, -0.15) is 5.06 Å². The van der Waals surface area contributed by atoms with E-state index in [-0.39, 0.29) is 0 Å². The molecule has 0 aliphatic carbocycles. The van der Waals surface area contributed by atoms with Crippen LogP contribution in [-0.2, 0) is 4.84 Å². The van der Waals surface area contributed by atoms with E-state index in [1.807, 2.05) is 0 Å². The normalized spacial score (nSPS) is 21.2. The minimum Gasteiger partial charge on any atom is -0.391 e. The van der Waals surface area contributed by atoms with E-state index in [1.165, 1.54) is 21.1 Å². The van der Waals surface area contributed by atoms with Gasteiger partial charge < -0.3 is 20.4 Å². The summed E-state index contributed by atoms with van der Waals surface area (Å²) in [6.07, 6.45) is -5.39. The molecular formula is C7H17NO5. The molecule has 0 saturated carbocycles. The first kappa shape index (κ1) is 12.8. The highest BCUT2D eigenvalue weighted by Crippen LogP contribution is 2.07. The molecule has 0 aromatic heterocycles. The minimum atomic E-state index is -1.48. The molecule has 1 unspecified atom stereocenters. The summed E-state index contributed by atoms with van der Waals surface area (Å²) in [5.74, 6) is 0. The highest BCUT2D eigenvalue weighted by atomic mass is 16.7. The van der Waals surface area contributed by atoms with Crippen molar-refractivity contribution >= 4 is 0 Å². The number of hydrogen-bond donors (Lipinski definition) is 4. The number of aliphatic hydroxyl groups is 4. The molecule has 4 N–H and O–H groups in total. The molecule has 0 rings (SSSR count). The van der Waals surface area contributed by atoms with E-state index in [0.29, 0.717) is 0 Å². The van der Waals surface area contributed by atoms with Crippen molar-refractivity contribution < 1.29 is 25.3 Å². The van der Waals surface area contributed by atoms with Crippen LogP contribution in [0.15, 0.2) is 0 Å². The Kier molecular flexibility index (Phi) is 5.38. The van der Waals surface area contributed by atoms with Gasteiger partial charge in [-0.1, -0.05) is 0 Å². The van der Waals surface area contributed by atoms with Crippen LogP contribution in [0.4, 0.5) is 0 Å². The van der Waals surface area contributed by atoms with E-state index < -0.39 is 24.5 Å². The quantitative estimate of drug-likeness (QED) is 0.297. The predicted octanol–water partition coefficient (Wildman–Crippen LogP) is -2.10. The molecule has 13 heavy (non-hydrogen) atoms. The first-order valence-electron chi connectivity index (χ1n) is 3.91. The van der Waals surface area contributed by atoms with Crippen LogP contribution in [0.2, 0.25) is 0 Å². The third kappa shape index (κ3) is 3.55. The van der Waals surface area contributed by atoms with Crippen molar-refractivity contribution in [1.82, 2.24) is 5.06 Å². The first-order chi connectivity index (χ1) is 5.91. The van der Waals surface area contributed by atoms with Crippen molar-refractivity contribution in [2.45, 2.75) is 31.5 Å². The third-order valence-corrected chi connectivity index (χ3v) is 1.81. The zero-order chi connectivity index (χ0) is 10.6. The van der Waals surface area contributed by atoms with Crippen LogP contribution < -0.4 is 0 Å². The number of nitrogens with zero attached hydrogens (tertiary/aromatic N) is 1. The monoisotopic (exact) mass is 195 g/mol. The lowest BCUT2D eigenvalue weighted by Crippen LogP contribution is -2.49. The second kappa shape index (κ2) is 5.48. The second-order valence-corrected chi connectivity index (χ2v) is 2.86. The molecule has 0 amide bonds. The van der Waals surface area contributed by atoms with Crippen molar-refractivity contribution in [1.29, 1.82) is 0 Å². The Labute approximate surface area is 76.9 Å². The minimum absolute atomic E-state index is 0.969. The summed E-state index contributed by atoms with van der Waals surface area (Å²) in [6.45, 7) is 1.31. The van der Waals surface area contributed by atoms with Crippen LogP contribution in [-0.4, -0.2) is 64.2 Å². The van der Waals surface area contributed by atoms with Crippen LogP contribution in [0.3, 0.4) is 0 Å². The Morgan fingerprint density at radius 1 is 1.08 bits per heavy atom. The topological polar surface area (TPSA) is 93.4 Å². The lowest BCUT2D eigenvalue weighted by Gasteiger charge is -2.29. The SMILES string of the molecule is CON(C)[C@H](O)[C@H](O)C(O)[C@@H](C)O. The molecule has 6 nitrogen and oxygen atoms in total. The summed E-state index contributed by atoms with van der Waals surface area (Å²) in [6, 6.07) is 0. The van der Waals surface area contributed by atoms with Gasteiger partial charge in [-0.15, -0.1) is 0 Å². The van der Waals surface area contributed by atoms with Crippen LogP contribution in [0.25, 0.3) is 0 Å².